The first-order valence-electron chi connectivity index (χ1n) is 8.39. The third kappa shape index (κ3) is 2.01. The second kappa shape index (κ2) is 5.48. The van der Waals surface area contributed by atoms with E-state index in [9.17, 15) is 9.59 Å². The van der Waals surface area contributed by atoms with Crippen LogP contribution in [0.3, 0.4) is 0 Å². The van der Waals surface area contributed by atoms with Gasteiger partial charge in [0.2, 0.25) is 12.6 Å². The van der Waals surface area contributed by atoms with Crippen LogP contribution >= 0.6 is 0 Å². The Hall–Kier alpha value is -2.56. The predicted molar refractivity (Wildman–Crippen MR) is 90.3 cm³/mol. The standard InChI is InChI=1S/C20H20O5/c1-4-7-20-9-15(23-3)18(21)17(19(20)22)16(11(20)2)12-5-6-13-14(8-12)25-10-24-13/h4-6,8-9,11,16-17H,1,7,10H2,2-3H3/t11-,16+,17+,20+/m0/s1. The lowest BCUT2D eigenvalue weighted by Crippen LogP contribution is -2.38. The van der Waals surface area contributed by atoms with Crippen molar-refractivity contribution >= 4 is 11.6 Å². The number of methoxy groups -OCH3 is 1. The number of allylic oxidation sites excluding steroid dienone is 3. The van der Waals surface area contributed by atoms with Crippen LogP contribution in [0.1, 0.15) is 24.8 Å². The van der Waals surface area contributed by atoms with E-state index in [0.717, 1.165) is 5.56 Å². The highest BCUT2D eigenvalue weighted by molar-refractivity contribution is 6.17. The zero-order chi connectivity index (χ0) is 17.8. The summed E-state index contributed by atoms with van der Waals surface area (Å²) in [5.74, 6) is 0.345. The lowest BCUT2D eigenvalue weighted by atomic mass is 9.71. The molecule has 0 spiro atoms. The molecule has 0 amide bonds. The molecule has 1 aliphatic heterocycles. The number of fused-ring (bicyclic) bond motifs is 3. The van der Waals surface area contributed by atoms with E-state index < -0.39 is 11.3 Å². The summed E-state index contributed by atoms with van der Waals surface area (Å²) in [6.07, 6.45) is 3.95. The normalized spacial score (nSPS) is 32.6. The van der Waals surface area contributed by atoms with E-state index in [1.807, 2.05) is 25.1 Å². The molecule has 2 aliphatic carbocycles. The van der Waals surface area contributed by atoms with Gasteiger partial charge in [-0.05, 0) is 36.1 Å². The van der Waals surface area contributed by atoms with Crippen LogP contribution in [0.5, 0.6) is 11.5 Å². The maximum absolute atomic E-state index is 13.2. The van der Waals surface area contributed by atoms with Crippen molar-refractivity contribution < 1.29 is 23.8 Å². The summed E-state index contributed by atoms with van der Waals surface area (Å²) < 4.78 is 16.1. The van der Waals surface area contributed by atoms with Crippen LogP contribution in [-0.4, -0.2) is 25.5 Å². The van der Waals surface area contributed by atoms with E-state index in [-0.39, 0.29) is 36.0 Å². The van der Waals surface area contributed by atoms with Gasteiger partial charge in [0, 0.05) is 5.92 Å². The van der Waals surface area contributed by atoms with Crippen molar-refractivity contribution in [1.29, 1.82) is 0 Å². The van der Waals surface area contributed by atoms with Crippen LogP contribution < -0.4 is 9.47 Å². The maximum Gasteiger partial charge on any atom is 0.231 e. The van der Waals surface area contributed by atoms with E-state index in [4.69, 9.17) is 14.2 Å². The Bertz CT molecular complexity index is 808. The molecule has 5 nitrogen and oxygen atoms in total. The fraction of sp³-hybridized carbons (Fsp3) is 0.400. The average molecular weight is 340 g/mol. The van der Waals surface area contributed by atoms with Crippen LogP contribution in [0.4, 0.5) is 0 Å². The molecule has 4 rings (SSSR count). The van der Waals surface area contributed by atoms with Crippen molar-refractivity contribution in [2.75, 3.05) is 13.9 Å². The Morgan fingerprint density at radius 3 is 2.80 bits per heavy atom. The zero-order valence-corrected chi connectivity index (χ0v) is 14.3. The average Bonchev–Trinajstić information content (AvgIpc) is 3.13. The number of hydrogen-bond acceptors (Lipinski definition) is 5. The molecule has 0 N–H and O–H groups in total. The number of ketones is 2. The summed E-state index contributed by atoms with van der Waals surface area (Å²) in [5, 5.41) is 0. The molecule has 1 aromatic carbocycles. The SMILES string of the molecule is C=CC[C@]12C=C(OC)C(=O)[C@H](C1=O)[C@@H](c1ccc3c(c1)OCO3)[C@@H]2C. The topological polar surface area (TPSA) is 61.8 Å². The molecular weight excluding hydrogens is 320 g/mol. The van der Waals surface area contributed by atoms with Gasteiger partial charge in [0.05, 0.1) is 18.4 Å². The molecule has 0 aromatic heterocycles. The van der Waals surface area contributed by atoms with Gasteiger partial charge in [0.25, 0.3) is 0 Å². The summed E-state index contributed by atoms with van der Waals surface area (Å²) in [6, 6.07) is 5.65. The molecular formula is C20H20O5. The van der Waals surface area contributed by atoms with Crippen LogP contribution in [0, 0.1) is 17.3 Å². The first kappa shape index (κ1) is 15.9. The van der Waals surface area contributed by atoms with Crippen molar-refractivity contribution in [3.8, 4) is 11.5 Å². The van der Waals surface area contributed by atoms with Crippen LogP contribution in [0.2, 0.25) is 0 Å². The number of carbonyl (C=O) groups excluding carboxylic acids is 2. The summed E-state index contributed by atoms with van der Waals surface area (Å²) in [5.41, 5.74) is 0.173. The number of benzene rings is 1. The molecule has 3 aliphatic rings. The minimum Gasteiger partial charge on any atom is -0.493 e. The number of rotatable bonds is 4. The third-order valence-corrected chi connectivity index (χ3v) is 5.85. The zero-order valence-electron chi connectivity index (χ0n) is 14.3. The van der Waals surface area contributed by atoms with Gasteiger partial charge >= 0.3 is 0 Å². The second-order valence-electron chi connectivity index (χ2n) is 6.88. The van der Waals surface area contributed by atoms with Crippen LogP contribution in [0.25, 0.3) is 0 Å². The van der Waals surface area contributed by atoms with E-state index in [1.165, 1.54) is 7.11 Å². The van der Waals surface area contributed by atoms with Gasteiger partial charge < -0.3 is 14.2 Å². The predicted octanol–water partition coefficient (Wildman–Crippen LogP) is 3.01. The fourth-order valence-electron chi connectivity index (χ4n) is 4.57. The molecule has 5 heteroatoms. The molecule has 1 saturated carbocycles. The molecule has 0 unspecified atom stereocenters. The fourth-order valence-corrected chi connectivity index (χ4v) is 4.57. The number of hydrogen-bond donors (Lipinski definition) is 0. The lowest BCUT2D eigenvalue weighted by Gasteiger charge is -2.31. The van der Waals surface area contributed by atoms with Crippen LogP contribution in [0.15, 0.2) is 42.7 Å². The highest BCUT2D eigenvalue weighted by atomic mass is 16.7. The highest BCUT2D eigenvalue weighted by Crippen LogP contribution is 2.59. The Kier molecular flexibility index (Phi) is 3.49. The molecule has 130 valence electrons. The minimum absolute atomic E-state index is 0.0339. The quantitative estimate of drug-likeness (QED) is 0.623. The van der Waals surface area contributed by atoms with E-state index in [1.54, 1.807) is 12.2 Å². The van der Waals surface area contributed by atoms with E-state index >= 15 is 0 Å². The van der Waals surface area contributed by atoms with E-state index in [0.29, 0.717) is 17.9 Å². The maximum atomic E-state index is 13.2. The summed E-state index contributed by atoms with van der Waals surface area (Å²) >= 11 is 0. The van der Waals surface area contributed by atoms with Gasteiger partial charge in [-0.1, -0.05) is 19.1 Å². The Labute approximate surface area is 146 Å². The molecule has 2 bridgehead atoms. The van der Waals surface area contributed by atoms with Gasteiger partial charge in [0.1, 0.15) is 0 Å². The van der Waals surface area contributed by atoms with Crippen molar-refractivity contribution in [2.24, 2.45) is 17.3 Å². The van der Waals surface area contributed by atoms with Gasteiger partial charge in [-0.25, -0.2) is 0 Å². The summed E-state index contributed by atoms with van der Waals surface area (Å²) in [7, 11) is 1.47. The van der Waals surface area contributed by atoms with Crippen molar-refractivity contribution in [3.05, 3.63) is 48.3 Å². The number of carbonyl (C=O) groups is 2. The van der Waals surface area contributed by atoms with Gasteiger partial charge in [-0.3, -0.25) is 9.59 Å². The molecule has 4 atom stereocenters. The Morgan fingerprint density at radius 1 is 1.32 bits per heavy atom. The number of ether oxygens (including phenoxy) is 3. The summed E-state index contributed by atoms with van der Waals surface area (Å²) in [6.45, 7) is 6.02. The van der Waals surface area contributed by atoms with Crippen molar-refractivity contribution in [3.63, 3.8) is 0 Å². The largest absolute Gasteiger partial charge is 0.493 e. The van der Waals surface area contributed by atoms with E-state index in [2.05, 4.69) is 6.58 Å². The minimum atomic E-state index is -0.743. The first-order chi connectivity index (χ1) is 12.0. The number of Topliss-reactive ketones (excluding diaryl/α,β-unsaturated/α-hetero) is 2. The molecule has 1 heterocycles. The third-order valence-electron chi connectivity index (χ3n) is 5.85. The molecule has 25 heavy (non-hydrogen) atoms. The van der Waals surface area contributed by atoms with Crippen molar-refractivity contribution in [2.45, 2.75) is 19.3 Å². The molecule has 0 saturated heterocycles. The van der Waals surface area contributed by atoms with Crippen molar-refractivity contribution in [1.82, 2.24) is 0 Å². The lowest BCUT2D eigenvalue weighted by molar-refractivity contribution is -0.136. The monoisotopic (exact) mass is 340 g/mol. The highest BCUT2D eigenvalue weighted by Gasteiger charge is 2.62. The summed E-state index contributed by atoms with van der Waals surface area (Å²) in [4.78, 5) is 26.0. The van der Waals surface area contributed by atoms with Gasteiger partial charge in [-0.15, -0.1) is 6.58 Å². The molecule has 1 fully saturated rings. The first-order valence-corrected chi connectivity index (χ1v) is 8.39. The smallest absolute Gasteiger partial charge is 0.231 e. The van der Waals surface area contributed by atoms with Gasteiger partial charge in [0.15, 0.2) is 23.0 Å². The molecule has 0 radical (unpaired) electrons. The van der Waals surface area contributed by atoms with Crippen LogP contribution in [-0.2, 0) is 14.3 Å². The Balaban J connectivity index is 1.84. The van der Waals surface area contributed by atoms with Gasteiger partial charge in [-0.2, -0.15) is 0 Å². The second-order valence-corrected chi connectivity index (χ2v) is 6.88. The Morgan fingerprint density at radius 2 is 2.08 bits per heavy atom. The molecule has 1 aromatic rings.